The quantitative estimate of drug-likeness (QED) is 0.681. The number of nitrogens with zero attached hydrogens (tertiary/aromatic N) is 2. The first kappa shape index (κ1) is 13.0. The molecule has 1 aromatic heterocycles. The molecule has 0 radical (unpaired) electrons. The van der Waals surface area contributed by atoms with E-state index < -0.39 is 0 Å². The van der Waals surface area contributed by atoms with Crippen LogP contribution in [0.2, 0.25) is 0 Å². The highest BCUT2D eigenvalue weighted by molar-refractivity contribution is 5.85. The maximum Gasteiger partial charge on any atom is 0.141 e. The van der Waals surface area contributed by atoms with Crippen molar-refractivity contribution >= 4 is 30.6 Å². The molecular weight excluding hydrogens is 187 g/mol. The van der Waals surface area contributed by atoms with Gasteiger partial charge in [-0.2, -0.15) is 0 Å². The van der Waals surface area contributed by atoms with E-state index in [4.69, 9.17) is 11.5 Å². The highest BCUT2D eigenvalue weighted by Crippen LogP contribution is 1.92. The molecule has 0 aliphatic heterocycles. The lowest BCUT2D eigenvalue weighted by Crippen LogP contribution is -2.01. The highest BCUT2D eigenvalue weighted by Gasteiger charge is 1.88. The van der Waals surface area contributed by atoms with Gasteiger partial charge in [-0.3, -0.25) is 4.98 Å². The maximum atomic E-state index is 5.27. The molecule has 0 saturated carbocycles. The van der Waals surface area contributed by atoms with Gasteiger partial charge in [0.25, 0.3) is 0 Å². The van der Waals surface area contributed by atoms with Gasteiger partial charge in [-0.1, -0.05) is 0 Å². The van der Waals surface area contributed by atoms with Crippen LogP contribution in [0.1, 0.15) is 5.69 Å². The Labute approximate surface area is 77.2 Å². The van der Waals surface area contributed by atoms with Gasteiger partial charge in [-0.05, 0) is 0 Å². The van der Waals surface area contributed by atoms with Crippen LogP contribution < -0.4 is 11.5 Å². The minimum Gasteiger partial charge on any atom is -0.382 e. The summed E-state index contributed by atoms with van der Waals surface area (Å²) < 4.78 is 0. The van der Waals surface area contributed by atoms with E-state index in [1.54, 1.807) is 6.20 Å². The molecule has 0 spiro atoms. The van der Waals surface area contributed by atoms with Crippen molar-refractivity contribution in [2.45, 2.75) is 6.54 Å². The van der Waals surface area contributed by atoms with E-state index in [9.17, 15) is 0 Å². The van der Waals surface area contributed by atoms with E-state index in [1.807, 2.05) is 0 Å². The zero-order valence-electron chi connectivity index (χ0n) is 5.73. The van der Waals surface area contributed by atoms with Crippen molar-refractivity contribution in [1.82, 2.24) is 9.97 Å². The number of anilines is 1. The molecule has 0 saturated heterocycles. The second-order valence-corrected chi connectivity index (χ2v) is 1.64. The molecule has 1 aromatic rings. The van der Waals surface area contributed by atoms with Gasteiger partial charge in [-0.25, -0.2) is 4.98 Å². The van der Waals surface area contributed by atoms with Crippen LogP contribution in [0.25, 0.3) is 0 Å². The Kier molecular flexibility index (Phi) is 7.29. The van der Waals surface area contributed by atoms with Crippen LogP contribution in [-0.4, -0.2) is 9.97 Å². The largest absolute Gasteiger partial charge is 0.382 e. The van der Waals surface area contributed by atoms with Crippen LogP contribution in [0.4, 0.5) is 5.82 Å². The second kappa shape index (κ2) is 6.15. The second-order valence-electron chi connectivity index (χ2n) is 1.64. The van der Waals surface area contributed by atoms with E-state index in [0.29, 0.717) is 12.4 Å². The summed E-state index contributed by atoms with van der Waals surface area (Å²) in [5.74, 6) is 0.423. The van der Waals surface area contributed by atoms with Gasteiger partial charge in [0.05, 0.1) is 18.1 Å². The average Bonchev–Trinajstić information content (AvgIpc) is 1.90. The summed E-state index contributed by atoms with van der Waals surface area (Å²) in [4.78, 5) is 7.67. The van der Waals surface area contributed by atoms with Crippen LogP contribution >= 0.6 is 24.8 Å². The molecule has 0 aromatic carbocycles. The van der Waals surface area contributed by atoms with Crippen molar-refractivity contribution in [2.24, 2.45) is 5.73 Å². The summed E-state index contributed by atoms with van der Waals surface area (Å²) in [5, 5.41) is 0. The molecule has 11 heavy (non-hydrogen) atoms. The first-order valence-corrected chi connectivity index (χ1v) is 2.59. The zero-order valence-corrected chi connectivity index (χ0v) is 7.36. The molecule has 0 bridgehead atoms. The Bertz CT molecular complexity index is 188. The molecule has 0 unspecified atom stereocenters. The predicted octanol–water partition coefficient (Wildman–Crippen LogP) is 0.361. The van der Waals surface area contributed by atoms with Crippen LogP contribution in [0, 0.1) is 0 Å². The van der Waals surface area contributed by atoms with Crippen molar-refractivity contribution < 1.29 is 0 Å². The van der Waals surface area contributed by atoms with Gasteiger partial charge < -0.3 is 11.5 Å². The summed E-state index contributed by atoms with van der Waals surface area (Å²) in [6.45, 7) is 0.410. The monoisotopic (exact) mass is 196 g/mol. The SMILES string of the molecule is Cl.Cl.NCc1cnc(N)cn1. The third kappa shape index (κ3) is 3.98. The Morgan fingerprint density at radius 2 is 1.82 bits per heavy atom. The predicted molar refractivity (Wildman–Crippen MR) is 48.8 cm³/mol. The minimum absolute atomic E-state index is 0. The first-order valence-electron chi connectivity index (χ1n) is 2.59. The molecule has 0 aliphatic carbocycles. The Morgan fingerprint density at radius 3 is 2.18 bits per heavy atom. The molecule has 0 aliphatic rings. The third-order valence-corrected chi connectivity index (χ3v) is 0.934. The number of halogens is 2. The molecular formula is C5H10Cl2N4. The smallest absolute Gasteiger partial charge is 0.141 e. The minimum atomic E-state index is 0. The summed E-state index contributed by atoms with van der Waals surface area (Å²) in [7, 11) is 0. The van der Waals surface area contributed by atoms with E-state index in [2.05, 4.69) is 9.97 Å². The molecule has 0 atom stereocenters. The summed E-state index contributed by atoms with van der Waals surface area (Å²) >= 11 is 0. The Hall–Kier alpha value is -0.580. The number of aromatic nitrogens is 2. The van der Waals surface area contributed by atoms with E-state index >= 15 is 0 Å². The number of rotatable bonds is 1. The van der Waals surface area contributed by atoms with Gasteiger partial charge in [0.2, 0.25) is 0 Å². The van der Waals surface area contributed by atoms with Crippen molar-refractivity contribution in [3.63, 3.8) is 0 Å². The van der Waals surface area contributed by atoms with E-state index in [0.717, 1.165) is 5.69 Å². The number of hydrogen-bond donors (Lipinski definition) is 2. The van der Waals surface area contributed by atoms with Crippen molar-refractivity contribution in [2.75, 3.05) is 5.73 Å². The van der Waals surface area contributed by atoms with Crippen LogP contribution in [0.5, 0.6) is 0 Å². The fourth-order valence-electron chi connectivity index (χ4n) is 0.470. The van der Waals surface area contributed by atoms with Gasteiger partial charge in [-0.15, -0.1) is 24.8 Å². The zero-order chi connectivity index (χ0) is 6.69. The number of nitrogen functional groups attached to an aromatic ring is 1. The highest BCUT2D eigenvalue weighted by atomic mass is 35.5. The average molecular weight is 197 g/mol. The van der Waals surface area contributed by atoms with Gasteiger partial charge in [0, 0.05) is 6.54 Å². The van der Waals surface area contributed by atoms with Crippen LogP contribution in [-0.2, 0) is 6.54 Å². The number of nitrogens with two attached hydrogens (primary N) is 2. The lowest BCUT2D eigenvalue weighted by atomic mass is 10.4. The van der Waals surface area contributed by atoms with E-state index in [1.165, 1.54) is 6.20 Å². The fraction of sp³-hybridized carbons (Fsp3) is 0.200. The Balaban J connectivity index is 0. The summed E-state index contributed by atoms with van der Waals surface area (Å²) in [6.07, 6.45) is 3.05. The molecule has 4 N–H and O–H groups in total. The number of hydrogen-bond acceptors (Lipinski definition) is 4. The Morgan fingerprint density at radius 1 is 1.18 bits per heavy atom. The molecule has 4 nitrogen and oxygen atoms in total. The molecule has 1 heterocycles. The lowest BCUT2D eigenvalue weighted by Gasteiger charge is -1.92. The molecule has 64 valence electrons. The van der Waals surface area contributed by atoms with Crippen LogP contribution in [0.15, 0.2) is 12.4 Å². The van der Waals surface area contributed by atoms with Crippen molar-refractivity contribution in [3.8, 4) is 0 Å². The lowest BCUT2D eigenvalue weighted by molar-refractivity contribution is 0.967. The van der Waals surface area contributed by atoms with Gasteiger partial charge in [0.1, 0.15) is 5.82 Å². The summed E-state index contributed by atoms with van der Waals surface area (Å²) in [5.41, 5.74) is 11.3. The summed E-state index contributed by atoms with van der Waals surface area (Å²) in [6, 6.07) is 0. The van der Waals surface area contributed by atoms with Crippen molar-refractivity contribution in [3.05, 3.63) is 18.1 Å². The standard InChI is InChI=1S/C5H8N4.2ClH/c6-1-4-2-9-5(7)3-8-4;;/h2-3H,1,6H2,(H2,7,9);2*1H. The van der Waals surface area contributed by atoms with Crippen molar-refractivity contribution in [1.29, 1.82) is 0 Å². The van der Waals surface area contributed by atoms with Crippen LogP contribution in [0.3, 0.4) is 0 Å². The molecule has 1 rings (SSSR count). The third-order valence-electron chi connectivity index (χ3n) is 0.934. The van der Waals surface area contributed by atoms with Gasteiger partial charge in [0.15, 0.2) is 0 Å². The normalized spacial score (nSPS) is 7.73. The van der Waals surface area contributed by atoms with E-state index in [-0.39, 0.29) is 24.8 Å². The fourth-order valence-corrected chi connectivity index (χ4v) is 0.470. The van der Waals surface area contributed by atoms with Gasteiger partial charge >= 0.3 is 0 Å². The molecule has 0 amide bonds. The first-order chi connectivity index (χ1) is 4.33. The molecule has 0 fully saturated rings. The topological polar surface area (TPSA) is 77.8 Å². The maximum absolute atomic E-state index is 5.27. The molecule has 6 heteroatoms.